The molecule has 3 nitrogen and oxygen atoms in total. The van der Waals surface area contributed by atoms with Crippen LogP contribution in [-0.4, -0.2) is 24.8 Å². The van der Waals surface area contributed by atoms with E-state index in [1.165, 1.54) is 0 Å². The van der Waals surface area contributed by atoms with Crippen molar-refractivity contribution in [2.75, 3.05) is 19.8 Å². The van der Waals surface area contributed by atoms with Gasteiger partial charge in [-0.25, -0.2) is 4.98 Å². The standard InChI is InChI=1S/C14H16ClNO2/c1-2-17-7-8-18-14-13-6-4-3-5-11(13)9-12(10-15)16-14/h3-6,9H,2,7-8,10H2,1H3. The Labute approximate surface area is 112 Å². The Bertz CT molecular complexity index is 516. The number of ether oxygens (including phenoxy) is 2. The minimum atomic E-state index is 0.382. The van der Waals surface area contributed by atoms with Gasteiger partial charge in [0, 0.05) is 12.0 Å². The van der Waals surface area contributed by atoms with E-state index in [1.54, 1.807) is 0 Å². The maximum absolute atomic E-state index is 5.84. The Kier molecular flexibility index (Phi) is 4.79. The third kappa shape index (κ3) is 3.12. The number of pyridine rings is 1. The van der Waals surface area contributed by atoms with Gasteiger partial charge in [0.2, 0.25) is 5.88 Å². The molecular formula is C14H16ClNO2. The fourth-order valence-corrected chi connectivity index (χ4v) is 1.88. The van der Waals surface area contributed by atoms with Gasteiger partial charge in [-0.05, 0) is 24.4 Å². The third-order valence-corrected chi connectivity index (χ3v) is 2.84. The second-order valence-corrected chi connectivity index (χ2v) is 4.09. The van der Waals surface area contributed by atoms with Crippen molar-refractivity contribution in [1.29, 1.82) is 0 Å². The molecule has 0 aliphatic rings. The lowest BCUT2D eigenvalue weighted by atomic mass is 10.1. The van der Waals surface area contributed by atoms with E-state index in [-0.39, 0.29) is 0 Å². The predicted molar refractivity (Wildman–Crippen MR) is 73.3 cm³/mol. The van der Waals surface area contributed by atoms with Gasteiger partial charge < -0.3 is 9.47 Å². The second-order valence-electron chi connectivity index (χ2n) is 3.82. The fourth-order valence-electron chi connectivity index (χ4n) is 1.74. The van der Waals surface area contributed by atoms with Crippen molar-refractivity contribution in [2.24, 2.45) is 0 Å². The van der Waals surface area contributed by atoms with Crippen LogP contribution in [0.4, 0.5) is 0 Å². The van der Waals surface area contributed by atoms with E-state index >= 15 is 0 Å². The van der Waals surface area contributed by atoms with Gasteiger partial charge in [-0.1, -0.05) is 18.2 Å². The highest BCUT2D eigenvalue weighted by molar-refractivity contribution is 6.17. The molecule has 2 aromatic rings. The normalized spacial score (nSPS) is 10.8. The molecule has 2 rings (SSSR count). The van der Waals surface area contributed by atoms with Crippen LogP contribution in [0, 0.1) is 0 Å². The summed E-state index contributed by atoms with van der Waals surface area (Å²) in [6.07, 6.45) is 0. The van der Waals surface area contributed by atoms with Crippen LogP contribution in [0.1, 0.15) is 12.6 Å². The lowest BCUT2D eigenvalue weighted by molar-refractivity contribution is 0.109. The summed E-state index contributed by atoms with van der Waals surface area (Å²) in [7, 11) is 0. The number of nitrogens with zero attached hydrogens (tertiary/aromatic N) is 1. The summed E-state index contributed by atoms with van der Waals surface area (Å²) in [5.74, 6) is 1.01. The first kappa shape index (κ1) is 13.1. The molecule has 18 heavy (non-hydrogen) atoms. The Hall–Kier alpha value is -1.32. The summed E-state index contributed by atoms with van der Waals surface area (Å²) in [4.78, 5) is 4.41. The molecule has 96 valence electrons. The minimum absolute atomic E-state index is 0.382. The van der Waals surface area contributed by atoms with Crippen molar-refractivity contribution in [1.82, 2.24) is 4.98 Å². The van der Waals surface area contributed by atoms with E-state index in [4.69, 9.17) is 21.1 Å². The fraction of sp³-hybridized carbons (Fsp3) is 0.357. The van der Waals surface area contributed by atoms with Gasteiger partial charge in [0.25, 0.3) is 0 Å². The molecule has 0 unspecified atom stereocenters. The summed E-state index contributed by atoms with van der Waals surface area (Å²) >= 11 is 5.84. The molecule has 1 aromatic heterocycles. The zero-order valence-electron chi connectivity index (χ0n) is 10.4. The van der Waals surface area contributed by atoms with Crippen molar-refractivity contribution in [2.45, 2.75) is 12.8 Å². The van der Waals surface area contributed by atoms with Gasteiger partial charge >= 0.3 is 0 Å². The minimum Gasteiger partial charge on any atom is -0.475 e. The second kappa shape index (κ2) is 6.57. The monoisotopic (exact) mass is 265 g/mol. The zero-order chi connectivity index (χ0) is 12.8. The van der Waals surface area contributed by atoms with Crippen LogP contribution in [0.15, 0.2) is 30.3 Å². The maximum atomic E-state index is 5.84. The average molecular weight is 266 g/mol. The van der Waals surface area contributed by atoms with Gasteiger partial charge in [-0.15, -0.1) is 11.6 Å². The number of fused-ring (bicyclic) bond motifs is 1. The molecule has 0 bridgehead atoms. The van der Waals surface area contributed by atoms with E-state index in [9.17, 15) is 0 Å². The van der Waals surface area contributed by atoms with E-state index in [1.807, 2.05) is 37.3 Å². The summed E-state index contributed by atoms with van der Waals surface area (Å²) in [6, 6.07) is 9.97. The largest absolute Gasteiger partial charge is 0.475 e. The van der Waals surface area contributed by atoms with Crippen molar-refractivity contribution < 1.29 is 9.47 Å². The molecule has 0 aliphatic heterocycles. The summed E-state index contributed by atoms with van der Waals surface area (Å²) in [5, 5.41) is 2.09. The summed E-state index contributed by atoms with van der Waals surface area (Å²) < 4.78 is 10.9. The lowest BCUT2D eigenvalue weighted by Crippen LogP contribution is -2.08. The number of halogens is 1. The number of hydrogen-bond donors (Lipinski definition) is 0. The van der Waals surface area contributed by atoms with Crippen LogP contribution < -0.4 is 4.74 Å². The Morgan fingerprint density at radius 1 is 1.22 bits per heavy atom. The van der Waals surface area contributed by atoms with Gasteiger partial charge in [-0.3, -0.25) is 0 Å². The van der Waals surface area contributed by atoms with Crippen LogP contribution in [0.25, 0.3) is 10.8 Å². The SMILES string of the molecule is CCOCCOc1nc(CCl)cc2ccccc12. The van der Waals surface area contributed by atoms with Crippen molar-refractivity contribution in [3.63, 3.8) is 0 Å². The van der Waals surface area contributed by atoms with Crippen LogP contribution in [0.2, 0.25) is 0 Å². The number of hydrogen-bond acceptors (Lipinski definition) is 3. The highest BCUT2D eigenvalue weighted by Gasteiger charge is 2.06. The lowest BCUT2D eigenvalue weighted by Gasteiger charge is -2.10. The molecule has 0 N–H and O–H groups in total. The van der Waals surface area contributed by atoms with E-state index in [2.05, 4.69) is 4.98 Å². The van der Waals surface area contributed by atoms with Crippen molar-refractivity contribution >= 4 is 22.4 Å². The van der Waals surface area contributed by atoms with Gasteiger partial charge in [0.15, 0.2) is 0 Å². The highest BCUT2D eigenvalue weighted by Crippen LogP contribution is 2.25. The molecule has 0 fully saturated rings. The quantitative estimate of drug-likeness (QED) is 0.593. The molecule has 0 aliphatic carbocycles. The first-order valence-corrected chi connectivity index (χ1v) is 6.53. The maximum Gasteiger partial charge on any atom is 0.221 e. The number of rotatable bonds is 6. The van der Waals surface area contributed by atoms with E-state index in [0.29, 0.717) is 31.6 Å². The molecule has 0 amide bonds. The molecule has 0 spiro atoms. The smallest absolute Gasteiger partial charge is 0.221 e. The number of benzene rings is 1. The molecule has 0 atom stereocenters. The highest BCUT2D eigenvalue weighted by atomic mass is 35.5. The van der Waals surface area contributed by atoms with Gasteiger partial charge in [0.1, 0.15) is 6.61 Å². The first-order chi connectivity index (χ1) is 8.85. The van der Waals surface area contributed by atoms with Crippen LogP contribution in [0.5, 0.6) is 5.88 Å². The molecule has 4 heteroatoms. The van der Waals surface area contributed by atoms with Gasteiger partial charge in [0.05, 0.1) is 18.2 Å². The third-order valence-electron chi connectivity index (χ3n) is 2.57. The molecule has 0 saturated carbocycles. The van der Waals surface area contributed by atoms with Crippen molar-refractivity contribution in [3.8, 4) is 5.88 Å². The van der Waals surface area contributed by atoms with Gasteiger partial charge in [-0.2, -0.15) is 0 Å². The van der Waals surface area contributed by atoms with Crippen LogP contribution in [0.3, 0.4) is 0 Å². The van der Waals surface area contributed by atoms with Crippen LogP contribution in [-0.2, 0) is 10.6 Å². The van der Waals surface area contributed by atoms with Crippen molar-refractivity contribution in [3.05, 3.63) is 36.0 Å². The molecule has 0 radical (unpaired) electrons. The Morgan fingerprint density at radius 2 is 2.06 bits per heavy atom. The Morgan fingerprint density at radius 3 is 2.83 bits per heavy atom. The number of alkyl halides is 1. The molecule has 0 saturated heterocycles. The molecular weight excluding hydrogens is 250 g/mol. The Balaban J connectivity index is 2.23. The van der Waals surface area contributed by atoms with Crippen LogP contribution >= 0.6 is 11.6 Å². The zero-order valence-corrected chi connectivity index (χ0v) is 11.1. The topological polar surface area (TPSA) is 31.4 Å². The number of aromatic nitrogens is 1. The molecule has 1 aromatic carbocycles. The molecule has 1 heterocycles. The first-order valence-electron chi connectivity index (χ1n) is 6.00. The van der Waals surface area contributed by atoms with E-state index in [0.717, 1.165) is 16.5 Å². The van der Waals surface area contributed by atoms with E-state index < -0.39 is 0 Å². The summed E-state index contributed by atoms with van der Waals surface area (Å²) in [5.41, 5.74) is 0.821. The predicted octanol–water partition coefficient (Wildman–Crippen LogP) is 3.39. The summed E-state index contributed by atoms with van der Waals surface area (Å²) in [6.45, 7) is 3.72. The average Bonchev–Trinajstić information content (AvgIpc) is 2.43.